The fourth-order valence-corrected chi connectivity index (χ4v) is 2.31. The first-order valence-corrected chi connectivity index (χ1v) is 6.71. The van der Waals surface area contributed by atoms with E-state index in [1.165, 1.54) is 0 Å². The van der Waals surface area contributed by atoms with E-state index in [0.29, 0.717) is 6.61 Å². The van der Waals surface area contributed by atoms with Gasteiger partial charge in [-0.2, -0.15) is 0 Å². The highest BCUT2D eigenvalue weighted by Gasteiger charge is 2.33. The molecular weight excluding hydrogens is 240 g/mol. The van der Waals surface area contributed by atoms with Gasteiger partial charge in [-0.05, 0) is 18.9 Å². The van der Waals surface area contributed by atoms with Gasteiger partial charge in [-0.25, -0.2) is 0 Å². The van der Waals surface area contributed by atoms with Crippen molar-refractivity contribution in [3.8, 4) is 0 Å². The second-order valence-electron chi connectivity index (χ2n) is 4.74. The van der Waals surface area contributed by atoms with Crippen LogP contribution in [0.1, 0.15) is 24.7 Å². The minimum absolute atomic E-state index is 0.0287. The first-order chi connectivity index (χ1) is 9.43. The number of allylic oxidation sites excluding steroid dienone is 2. The third-order valence-corrected chi connectivity index (χ3v) is 3.35. The molecule has 2 heterocycles. The van der Waals surface area contributed by atoms with E-state index >= 15 is 0 Å². The van der Waals surface area contributed by atoms with Crippen LogP contribution >= 0.6 is 0 Å². The van der Waals surface area contributed by atoms with Crippen LogP contribution in [0.25, 0.3) is 0 Å². The van der Waals surface area contributed by atoms with Gasteiger partial charge in [0.25, 0.3) is 0 Å². The maximum atomic E-state index is 6.04. The van der Waals surface area contributed by atoms with E-state index in [9.17, 15) is 0 Å². The molecule has 1 aromatic carbocycles. The highest BCUT2D eigenvalue weighted by Crippen LogP contribution is 2.29. The van der Waals surface area contributed by atoms with Crippen molar-refractivity contribution in [3.63, 3.8) is 0 Å². The molecule has 1 fully saturated rings. The lowest BCUT2D eigenvalue weighted by Gasteiger charge is -2.35. The van der Waals surface area contributed by atoms with Crippen molar-refractivity contribution in [1.29, 1.82) is 0 Å². The van der Waals surface area contributed by atoms with Gasteiger partial charge in [-0.3, -0.25) is 0 Å². The molecule has 3 heteroatoms. The Morgan fingerprint density at radius 2 is 1.84 bits per heavy atom. The van der Waals surface area contributed by atoms with Gasteiger partial charge in [0.15, 0.2) is 6.29 Å². The van der Waals surface area contributed by atoms with Crippen molar-refractivity contribution in [3.05, 3.63) is 60.4 Å². The van der Waals surface area contributed by atoms with Crippen molar-refractivity contribution in [1.82, 2.24) is 0 Å². The first-order valence-electron chi connectivity index (χ1n) is 6.71. The summed E-state index contributed by atoms with van der Waals surface area (Å²) in [5.41, 5.74) is 1.06. The quantitative estimate of drug-likeness (QED) is 0.723. The SMILES string of the molecule is C1=C\C[C@@H]2O[C@H](c3ccccc3)OC[C@H]2O/C=C\C/1. The Balaban J connectivity index is 1.72. The zero-order valence-corrected chi connectivity index (χ0v) is 10.8. The molecule has 0 aromatic heterocycles. The molecular formula is C16H18O3. The van der Waals surface area contributed by atoms with Gasteiger partial charge < -0.3 is 14.2 Å². The summed E-state index contributed by atoms with van der Waals surface area (Å²) in [6.45, 7) is 0.558. The number of ether oxygens (including phenoxy) is 3. The molecule has 2 aliphatic rings. The number of benzene rings is 1. The zero-order valence-electron chi connectivity index (χ0n) is 10.8. The molecule has 3 atom stereocenters. The van der Waals surface area contributed by atoms with Gasteiger partial charge in [0.05, 0.1) is 12.9 Å². The highest BCUT2D eigenvalue weighted by atomic mass is 16.7. The Bertz CT molecular complexity index is 452. The minimum atomic E-state index is -0.288. The number of fused-ring (bicyclic) bond motifs is 1. The van der Waals surface area contributed by atoms with E-state index in [1.54, 1.807) is 6.26 Å². The minimum Gasteiger partial charge on any atom is -0.493 e. The van der Waals surface area contributed by atoms with Crippen LogP contribution in [-0.2, 0) is 14.2 Å². The normalized spacial score (nSPS) is 34.0. The van der Waals surface area contributed by atoms with Crippen molar-refractivity contribution < 1.29 is 14.2 Å². The lowest BCUT2D eigenvalue weighted by atomic mass is 10.1. The average molecular weight is 258 g/mol. The van der Waals surface area contributed by atoms with E-state index in [4.69, 9.17) is 14.2 Å². The largest absolute Gasteiger partial charge is 0.493 e. The van der Waals surface area contributed by atoms with Crippen LogP contribution in [0.4, 0.5) is 0 Å². The summed E-state index contributed by atoms with van der Waals surface area (Å²) in [6, 6.07) is 10.0. The lowest BCUT2D eigenvalue weighted by molar-refractivity contribution is -0.256. The second-order valence-corrected chi connectivity index (χ2v) is 4.74. The van der Waals surface area contributed by atoms with Gasteiger partial charge in [0.1, 0.15) is 12.2 Å². The molecule has 0 radical (unpaired) electrons. The number of hydrogen-bond donors (Lipinski definition) is 0. The molecule has 100 valence electrons. The van der Waals surface area contributed by atoms with E-state index in [2.05, 4.69) is 12.2 Å². The molecule has 19 heavy (non-hydrogen) atoms. The molecule has 3 rings (SSSR count). The summed E-state index contributed by atoms with van der Waals surface area (Å²) in [5.74, 6) is 0. The third-order valence-electron chi connectivity index (χ3n) is 3.35. The summed E-state index contributed by atoms with van der Waals surface area (Å²) in [4.78, 5) is 0. The van der Waals surface area contributed by atoms with E-state index in [-0.39, 0.29) is 18.5 Å². The molecule has 2 aliphatic heterocycles. The van der Waals surface area contributed by atoms with Crippen molar-refractivity contribution in [2.24, 2.45) is 0 Å². The topological polar surface area (TPSA) is 27.7 Å². The smallest absolute Gasteiger partial charge is 0.184 e. The van der Waals surface area contributed by atoms with Gasteiger partial charge in [0, 0.05) is 5.56 Å². The fourth-order valence-electron chi connectivity index (χ4n) is 2.31. The van der Waals surface area contributed by atoms with Crippen LogP contribution in [0.3, 0.4) is 0 Å². The Morgan fingerprint density at radius 3 is 2.74 bits per heavy atom. The maximum absolute atomic E-state index is 6.04. The number of rotatable bonds is 1. The van der Waals surface area contributed by atoms with Gasteiger partial charge >= 0.3 is 0 Å². The highest BCUT2D eigenvalue weighted by molar-refractivity contribution is 5.16. The summed E-state index contributed by atoms with van der Waals surface area (Å²) in [7, 11) is 0. The van der Waals surface area contributed by atoms with Crippen molar-refractivity contribution >= 4 is 0 Å². The fraction of sp³-hybridized carbons (Fsp3) is 0.375. The molecule has 0 aliphatic carbocycles. The average Bonchev–Trinajstić information content (AvgIpc) is 2.59. The molecule has 0 spiro atoms. The lowest BCUT2D eigenvalue weighted by Crippen LogP contribution is -2.41. The van der Waals surface area contributed by atoms with Gasteiger partial charge in [-0.15, -0.1) is 0 Å². The molecule has 3 nitrogen and oxygen atoms in total. The predicted molar refractivity (Wildman–Crippen MR) is 72.4 cm³/mol. The Labute approximate surface area is 113 Å². The van der Waals surface area contributed by atoms with Gasteiger partial charge in [-0.1, -0.05) is 42.5 Å². The van der Waals surface area contributed by atoms with Crippen LogP contribution < -0.4 is 0 Å². The van der Waals surface area contributed by atoms with Gasteiger partial charge in [0.2, 0.25) is 0 Å². The number of hydrogen-bond acceptors (Lipinski definition) is 3. The molecule has 0 amide bonds. The Kier molecular flexibility index (Phi) is 3.96. The third kappa shape index (κ3) is 3.06. The summed E-state index contributed by atoms with van der Waals surface area (Å²) < 4.78 is 17.5. The van der Waals surface area contributed by atoms with Crippen LogP contribution in [0, 0.1) is 0 Å². The molecule has 0 unspecified atom stereocenters. The van der Waals surface area contributed by atoms with Crippen LogP contribution in [-0.4, -0.2) is 18.8 Å². The van der Waals surface area contributed by atoms with E-state index in [1.807, 2.05) is 36.4 Å². The van der Waals surface area contributed by atoms with Crippen LogP contribution in [0.2, 0.25) is 0 Å². The van der Waals surface area contributed by atoms with E-state index in [0.717, 1.165) is 18.4 Å². The van der Waals surface area contributed by atoms with Crippen LogP contribution in [0.15, 0.2) is 54.8 Å². The predicted octanol–water partition coefficient (Wildman–Crippen LogP) is 3.35. The Hall–Kier alpha value is -1.58. The monoisotopic (exact) mass is 258 g/mol. The molecule has 0 bridgehead atoms. The molecule has 0 N–H and O–H groups in total. The summed E-state index contributed by atoms with van der Waals surface area (Å²) in [5, 5.41) is 0. The maximum Gasteiger partial charge on any atom is 0.184 e. The van der Waals surface area contributed by atoms with Crippen molar-refractivity contribution in [2.45, 2.75) is 31.3 Å². The second kappa shape index (κ2) is 6.04. The molecule has 1 saturated heterocycles. The zero-order chi connectivity index (χ0) is 12.9. The summed E-state index contributed by atoms with van der Waals surface area (Å²) in [6.07, 6.45) is 9.54. The first kappa shape index (κ1) is 12.5. The van der Waals surface area contributed by atoms with Crippen LogP contribution in [0.5, 0.6) is 0 Å². The van der Waals surface area contributed by atoms with E-state index < -0.39 is 0 Å². The Morgan fingerprint density at radius 1 is 0.947 bits per heavy atom. The standard InChI is InChI=1S/C16H18O3/c1-2-7-11-17-15-12-18-16(19-14(15)10-6-1)13-8-4-3-5-9-13/h1,3-9,11,14-16H,2,10,12H2/b6-1-,11-7-/t14-,15+,16+/m0/s1. The molecule has 0 saturated carbocycles. The summed E-state index contributed by atoms with van der Waals surface area (Å²) >= 11 is 0. The van der Waals surface area contributed by atoms with Crippen molar-refractivity contribution in [2.75, 3.05) is 6.61 Å². The molecule has 1 aromatic rings.